The van der Waals surface area contributed by atoms with Crippen LogP contribution in [-0.4, -0.2) is 10.9 Å². The second kappa shape index (κ2) is 6.19. The Balaban J connectivity index is 1.82. The summed E-state index contributed by atoms with van der Waals surface area (Å²) in [5.41, 5.74) is -0.000933. The minimum Gasteiger partial charge on any atom is -0.451 e. The summed E-state index contributed by atoms with van der Waals surface area (Å²) in [6.07, 6.45) is -1.40. The van der Waals surface area contributed by atoms with E-state index in [4.69, 9.17) is 4.42 Å². The lowest BCUT2D eigenvalue weighted by atomic mass is 10.1. The fourth-order valence-electron chi connectivity index (χ4n) is 2.09. The van der Waals surface area contributed by atoms with Gasteiger partial charge in [0.2, 0.25) is 0 Å². The molecule has 0 radical (unpaired) electrons. The molecule has 0 bridgehead atoms. The first kappa shape index (κ1) is 15.8. The number of furan rings is 1. The second-order valence-corrected chi connectivity index (χ2v) is 4.93. The molecule has 3 rings (SSSR count). The summed E-state index contributed by atoms with van der Waals surface area (Å²) in [5.74, 6) is -0.320. The van der Waals surface area contributed by atoms with Gasteiger partial charge in [-0.2, -0.15) is 13.2 Å². The van der Waals surface area contributed by atoms with E-state index in [2.05, 4.69) is 10.3 Å². The van der Waals surface area contributed by atoms with Crippen LogP contribution in [0.25, 0.3) is 11.3 Å². The lowest BCUT2D eigenvalue weighted by Gasteiger charge is -2.07. The number of amides is 1. The van der Waals surface area contributed by atoms with Crippen LogP contribution in [0.5, 0.6) is 0 Å². The van der Waals surface area contributed by atoms with Gasteiger partial charge in [0.25, 0.3) is 5.91 Å². The van der Waals surface area contributed by atoms with Crippen molar-refractivity contribution in [1.82, 2.24) is 4.98 Å². The summed E-state index contributed by atoms with van der Waals surface area (Å²) in [6, 6.07) is 10.8. The summed E-state index contributed by atoms with van der Waals surface area (Å²) >= 11 is 0. The SMILES string of the molecule is O=C(Nc1ccncc1)c1ccc(-c2cccc(C(F)(F)F)c2)o1. The van der Waals surface area contributed by atoms with Crippen LogP contribution < -0.4 is 5.32 Å². The van der Waals surface area contributed by atoms with Gasteiger partial charge in [-0.3, -0.25) is 9.78 Å². The highest BCUT2D eigenvalue weighted by atomic mass is 19.4. The first-order chi connectivity index (χ1) is 11.4. The Hall–Kier alpha value is -3.09. The summed E-state index contributed by atoms with van der Waals surface area (Å²) in [6.45, 7) is 0. The zero-order chi connectivity index (χ0) is 17.2. The molecular formula is C17H11F3N2O2. The Morgan fingerprint density at radius 2 is 1.79 bits per heavy atom. The van der Waals surface area contributed by atoms with Crippen molar-refractivity contribution in [3.05, 3.63) is 72.2 Å². The van der Waals surface area contributed by atoms with Crippen LogP contribution in [0.15, 0.2) is 65.3 Å². The number of nitrogens with zero attached hydrogens (tertiary/aromatic N) is 1. The maximum atomic E-state index is 12.8. The first-order valence-electron chi connectivity index (χ1n) is 6.92. The van der Waals surface area contributed by atoms with Crippen LogP contribution in [0.2, 0.25) is 0 Å². The van der Waals surface area contributed by atoms with E-state index >= 15 is 0 Å². The Kier molecular flexibility index (Phi) is 4.07. The van der Waals surface area contributed by atoms with Gasteiger partial charge < -0.3 is 9.73 Å². The van der Waals surface area contributed by atoms with Crippen molar-refractivity contribution in [2.45, 2.75) is 6.18 Å². The topological polar surface area (TPSA) is 55.1 Å². The third-order valence-corrected chi connectivity index (χ3v) is 3.24. The van der Waals surface area contributed by atoms with Crippen LogP contribution in [0.3, 0.4) is 0 Å². The number of aromatic nitrogens is 1. The molecule has 0 aliphatic heterocycles. The van der Waals surface area contributed by atoms with Gasteiger partial charge in [-0.15, -0.1) is 0 Å². The van der Waals surface area contributed by atoms with Gasteiger partial charge in [0.05, 0.1) is 5.56 Å². The molecule has 2 aromatic heterocycles. The number of rotatable bonds is 3. The molecule has 0 saturated heterocycles. The quantitative estimate of drug-likeness (QED) is 0.762. The molecule has 0 fully saturated rings. The Labute approximate surface area is 134 Å². The summed E-state index contributed by atoms with van der Waals surface area (Å²) < 4.78 is 43.7. The molecule has 1 aromatic carbocycles. The number of carbonyl (C=O) groups excluding carboxylic acids is 1. The molecule has 4 nitrogen and oxygen atoms in total. The highest BCUT2D eigenvalue weighted by Gasteiger charge is 2.30. The van der Waals surface area contributed by atoms with Crippen LogP contribution in [0.4, 0.5) is 18.9 Å². The minimum absolute atomic E-state index is 0.000719. The summed E-state index contributed by atoms with van der Waals surface area (Å²) in [4.78, 5) is 15.9. The predicted octanol–water partition coefficient (Wildman–Crippen LogP) is 4.61. The second-order valence-electron chi connectivity index (χ2n) is 4.93. The zero-order valence-corrected chi connectivity index (χ0v) is 12.2. The van der Waals surface area contributed by atoms with Crippen molar-refractivity contribution >= 4 is 11.6 Å². The third kappa shape index (κ3) is 3.45. The molecule has 0 spiro atoms. The molecule has 0 atom stereocenters. The molecule has 3 aromatic rings. The minimum atomic E-state index is -4.44. The summed E-state index contributed by atoms with van der Waals surface area (Å²) in [5, 5.41) is 2.61. The number of carbonyl (C=O) groups is 1. The molecule has 0 unspecified atom stereocenters. The van der Waals surface area contributed by atoms with Crippen molar-refractivity contribution in [2.75, 3.05) is 5.32 Å². The van der Waals surface area contributed by atoms with E-state index in [1.807, 2.05) is 0 Å². The largest absolute Gasteiger partial charge is 0.451 e. The van der Waals surface area contributed by atoms with Gasteiger partial charge in [0.15, 0.2) is 5.76 Å². The van der Waals surface area contributed by atoms with E-state index in [1.54, 1.807) is 12.1 Å². The maximum Gasteiger partial charge on any atom is 0.416 e. The molecule has 0 aliphatic rings. The highest BCUT2D eigenvalue weighted by Crippen LogP contribution is 2.32. The van der Waals surface area contributed by atoms with Gasteiger partial charge >= 0.3 is 6.18 Å². The average molecular weight is 332 g/mol. The molecule has 24 heavy (non-hydrogen) atoms. The average Bonchev–Trinajstić information content (AvgIpc) is 3.05. The van der Waals surface area contributed by atoms with Gasteiger partial charge in [-0.05, 0) is 36.4 Å². The van der Waals surface area contributed by atoms with E-state index in [-0.39, 0.29) is 17.1 Å². The smallest absolute Gasteiger partial charge is 0.416 e. The van der Waals surface area contributed by atoms with Gasteiger partial charge in [-0.1, -0.05) is 12.1 Å². The lowest BCUT2D eigenvalue weighted by molar-refractivity contribution is -0.137. The zero-order valence-electron chi connectivity index (χ0n) is 12.2. The number of anilines is 1. The van der Waals surface area contributed by atoms with E-state index in [0.717, 1.165) is 12.1 Å². The van der Waals surface area contributed by atoms with Crippen molar-refractivity contribution in [3.63, 3.8) is 0 Å². The fourth-order valence-corrected chi connectivity index (χ4v) is 2.09. The molecule has 0 aliphatic carbocycles. The normalized spacial score (nSPS) is 11.3. The Bertz CT molecular complexity index is 858. The molecule has 7 heteroatoms. The Morgan fingerprint density at radius 3 is 2.50 bits per heavy atom. The third-order valence-electron chi connectivity index (χ3n) is 3.24. The Morgan fingerprint density at radius 1 is 1.04 bits per heavy atom. The van der Waals surface area contributed by atoms with E-state index in [0.29, 0.717) is 5.69 Å². The molecule has 2 heterocycles. The van der Waals surface area contributed by atoms with Crippen LogP contribution in [-0.2, 0) is 6.18 Å². The predicted molar refractivity (Wildman–Crippen MR) is 81.3 cm³/mol. The molecule has 1 N–H and O–H groups in total. The van der Waals surface area contributed by atoms with Crippen molar-refractivity contribution in [3.8, 4) is 11.3 Å². The van der Waals surface area contributed by atoms with Crippen molar-refractivity contribution < 1.29 is 22.4 Å². The standard InChI is InChI=1S/C17H11F3N2O2/c18-17(19,20)12-3-1-2-11(10-12)14-4-5-15(24-14)16(23)22-13-6-8-21-9-7-13/h1-10H,(H,21,22,23). The number of nitrogens with one attached hydrogen (secondary N) is 1. The number of hydrogen-bond acceptors (Lipinski definition) is 3. The highest BCUT2D eigenvalue weighted by molar-refractivity contribution is 6.02. The van der Waals surface area contributed by atoms with Crippen molar-refractivity contribution in [2.24, 2.45) is 0 Å². The number of alkyl halides is 3. The van der Waals surface area contributed by atoms with Crippen LogP contribution >= 0.6 is 0 Å². The lowest BCUT2D eigenvalue weighted by Crippen LogP contribution is -2.10. The number of pyridine rings is 1. The molecule has 1 amide bonds. The van der Waals surface area contributed by atoms with Gasteiger partial charge in [-0.25, -0.2) is 0 Å². The van der Waals surface area contributed by atoms with Crippen molar-refractivity contribution in [1.29, 1.82) is 0 Å². The van der Waals surface area contributed by atoms with Gasteiger partial charge in [0, 0.05) is 23.6 Å². The first-order valence-corrected chi connectivity index (χ1v) is 6.92. The molecule has 122 valence electrons. The van der Waals surface area contributed by atoms with Crippen LogP contribution in [0, 0.1) is 0 Å². The number of halogens is 3. The fraction of sp³-hybridized carbons (Fsp3) is 0.0588. The van der Waals surface area contributed by atoms with E-state index in [1.165, 1.54) is 36.7 Å². The number of hydrogen-bond donors (Lipinski definition) is 1. The monoisotopic (exact) mass is 332 g/mol. The number of benzene rings is 1. The van der Waals surface area contributed by atoms with Gasteiger partial charge in [0.1, 0.15) is 5.76 Å². The maximum absolute atomic E-state index is 12.8. The van der Waals surface area contributed by atoms with E-state index < -0.39 is 17.6 Å². The van der Waals surface area contributed by atoms with Crippen LogP contribution in [0.1, 0.15) is 16.1 Å². The molecular weight excluding hydrogens is 321 g/mol. The molecule has 0 saturated carbocycles. The van der Waals surface area contributed by atoms with E-state index in [9.17, 15) is 18.0 Å². The summed E-state index contributed by atoms with van der Waals surface area (Å²) in [7, 11) is 0.